The largest absolute Gasteiger partial charge is 0.507 e. The van der Waals surface area contributed by atoms with E-state index in [0.717, 1.165) is 27.3 Å². The molecule has 0 unspecified atom stereocenters. The topological polar surface area (TPSA) is 20.2 Å². The number of halogens is 1. The molecule has 0 spiro atoms. The number of phenols is 1. The van der Waals surface area contributed by atoms with Crippen molar-refractivity contribution in [1.29, 1.82) is 0 Å². The van der Waals surface area contributed by atoms with Crippen molar-refractivity contribution < 1.29 is 5.11 Å². The van der Waals surface area contributed by atoms with Crippen LogP contribution in [0.25, 0.3) is 11.1 Å². The van der Waals surface area contributed by atoms with Crippen LogP contribution in [0.1, 0.15) is 50.7 Å². The Morgan fingerprint density at radius 3 is 1.85 bits per heavy atom. The van der Waals surface area contributed by atoms with Gasteiger partial charge in [-0.2, -0.15) is 0 Å². The van der Waals surface area contributed by atoms with E-state index >= 15 is 0 Å². The van der Waals surface area contributed by atoms with Gasteiger partial charge in [0.1, 0.15) is 5.75 Å². The van der Waals surface area contributed by atoms with Gasteiger partial charge in [-0.1, -0.05) is 51.4 Å². The van der Waals surface area contributed by atoms with E-state index in [-0.39, 0.29) is 11.8 Å². The molecule has 2 heteroatoms. The van der Waals surface area contributed by atoms with Gasteiger partial charge in [0.25, 0.3) is 0 Å². The lowest BCUT2D eigenvalue weighted by Crippen LogP contribution is -1.97. The lowest BCUT2D eigenvalue weighted by molar-refractivity contribution is 0.454. The summed E-state index contributed by atoms with van der Waals surface area (Å²) in [7, 11) is 0. The first-order valence-electron chi connectivity index (χ1n) is 7.03. The van der Waals surface area contributed by atoms with Crippen LogP contribution in [0.15, 0.2) is 36.4 Å². The smallest absolute Gasteiger partial charge is 0.122 e. The molecule has 20 heavy (non-hydrogen) atoms. The standard InChI is InChI=1S/C18H21ClO/c1-11(2)16-9-14(10-17(12(3)4)18(16)20)13-6-5-7-15(19)8-13/h5-12,20H,1-4H3. The maximum absolute atomic E-state index is 10.4. The molecule has 1 nitrogen and oxygen atoms in total. The first-order chi connectivity index (χ1) is 9.40. The van der Waals surface area contributed by atoms with Crippen molar-refractivity contribution in [2.45, 2.75) is 39.5 Å². The van der Waals surface area contributed by atoms with Gasteiger partial charge in [0.2, 0.25) is 0 Å². The molecule has 2 aromatic carbocycles. The maximum atomic E-state index is 10.4. The van der Waals surface area contributed by atoms with Gasteiger partial charge in [-0.25, -0.2) is 0 Å². The Bertz CT molecular complexity index is 586. The maximum Gasteiger partial charge on any atom is 0.122 e. The summed E-state index contributed by atoms with van der Waals surface area (Å²) in [5.74, 6) is 0.999. The van der Waals surface area contributed by atoms with Crippen molar-refractivity contribution in [2.75, 3.05) is 0 Å². The number of hydrogen-bond acceptors (Lipinski definition) is 1. The van der Waals surface area contributed by atoms with Gasteiger partial charge >= 0.3 is 0 Å². The summed E-state index contributed by atoms with van der Waals surface area (Å²) in [5, 5.41) is 11.2. The number of hydrogen-bond donors (Lipinski definition) is 1. The minimum Gasteiger partial charge on any atom is -0.507 e. The molecule has 1 N–H and O–H groups in total. The van der Waals surface area contributed by atoms with E-state index in [1.54, 1.807) is 0 Å². The molecule has 2 aromatic rings. The zero-order valence-electron chi connectivity index (χ0n) is 12.4. The zero-order valence-corrected chi connectivity index (χ0v) is 13.2. The molecule has 0 aromatic heterocycles. The zero-order chi connectivity index (χ0) is 14.9. The SMILES string of the molecule is CC(C)c1cc(-c2cccc(Cl)c2)cc(C(C)C)c1O. The van der Waals surface area contributed by atoms with Gasteiger partial charge in [-0.15, -0.1) is 0 Å². The summed E-state index contributed by atoms with van der Waals surface area (Å²) in [6.07, 6.45) is 0. The van der Waals surface area contributed by atoms with Crippen LogP contribution in [-0.2, 0) is 0 Å². The van der Waals surface area contributed by atoms with Crippen LogP contribution in [-0.4, -0.2) is 5.11 Å². The first kappa shape index (κ1) is 14.9. The van der Waals surface area contributed by atoms with E-state index in [1.165, 1.54) is 0 Å². The first-order valence-corrected chi connectivity index (χ1v) is 7.40. The van der Waals surface area contributed by atoms with Gasteiger partial charge in [-0.05, 0) is 58.4 Å². The highest BCUT2D eigenvalue weighted by atomic mass is 35.5. The van der Waals surface area contributed by atoms with E-state index < -0.39 is 0 Å². The predicted octanol–water partition coefficient (Wildman–Crippen LogP) is 5.96. The number of phenolic OH excluding ortho intramolecular Hbond substituents is 1. The molecular weight excluding hydrogens is 268 g/mol. The van der Waals surface area contributed by atoms with Crippen molar-refractivity contribution in [1.82, 2.24) is 0 Å². The molecule has 0 saturated carbocycles. The molecule has 0 aliphatic heterocycles. The molecule has 106 valence electrons. The van der Waals surface area contributed by atoms with Crippen molar-refractivity contribution >= 4 is 11.6 Å². The third kappa shape index (κ3) is 2.99. The van der Waals surface area contributed by atoms with Gasteiger partial charge < -0.3 is 5.11 Å². The average Bonchev–Trinajstić information content (AvgIpc) is 2.38. The van der Waals surface area contributed by atoms with E-state index in [4.69, 9.17) is 11.6 Å². The molecule has 2 rings (SSSR count). The summed E-state index contributed by atoms with van der Waals surface area (Å²) < 4.78 is 0. The van der Waals surface area contributed by atoms with E-state index in [9.17, 15) is 5.11 Å². The van der Waals surface area contributed by atoms with Crippen molar-refractivity contribution in [3.8, 4) is 16.9 Å². The van der Waals surface area contributed by atoms with Crippen LogP contribution in [0, 0.1) is 0 Å². The summed E-state index contributed by atoms with van der Waals surface area (Å²) in [6.45, 7) is 8.39. The van der Waals surface area contributed by atoms with Gasteiger partial charge in [0.15, 0.2) is 0 Å². The predicted molar refractivity (Wildman–Crippen MR) is 86.7 cm³/mol. The third-order valence-electron chi connectivity index (χ3n) is 3.57. The second kappa shape index (κ2) is 5.88. The Balaban J connectivity index is 2.65. The number of rotatable bonds is 3. The Kier molecular flexibility index (Phi) is 4.39. The Morgan fingerprint density at radius 1 is 0.850 bits per heavy atom. The Labute approximate surface area is 126 Å². The van der Waals surface area contributed by atoms with Crippen molar-refractivity contribution in [2.24, 2.45) is 0 Å². The average molecular weight is 289 g/mol. The van der Waals surface area contributed by atoms with Gasteiger partial charge in [0.05, 0.1) is 0 Å². The summed E-state index contributed by atoms with van der Waals surface area (Å²) >= 11 is 6.08. The normalized spacial score (nSPS) is 11.3. The molecule has 0 radical (unpaired) electrons. The molecule has 0 fully saturated rings. The quantitative estimate of drug-likeness (QED) is 0.739. The monoisotopic (exact) mass is 288 g/mol. The minimum atomic E-state index is 0.284. The van der Waals surface area contributed by atoms with E-state index in [1.807, 2.05) is 24.3 Å². The lowest BCUT2D eigenvalue weighted by atomic mass is 9.89. The van der Waals surface area contributed by atoms with Crippen molar-refractivity contribution in [3.63, 3.8) is 0 Å². The lowest BCUT2D eigenvalue weighted by Gasteiger charge is -2.17. The Morgan fingerprint density at radius 2 is 1.40 bits per heavy atom. The molecule has 0 amide bonds. The van der Waals surface area contributed by atoms with Crippen LogP contribution >= 0.6 is 11.6 Å². The fraction of sp³-hybridized carbons (Fsp3) is 0.333. The molecule has 0 heterocycles. The second-order valence-corrected chi connectivity index (χ2v) is 6.26. The number of aromatic hydroxyl groups is 1. The van der Waals surface area contributed by atoms with E-state index in [2.05, 4.69) is 39.8 Å². The fourth-order valence-electron chi connectivity index (χ4n) is 2.40. The second-order valence-electron chi connectivity index (χ2n) is 5.82. The van der Waals surface area contributed by atoms with Gasteiger partial charge in [0, 0.05) is 5.02 Å². The van der Waals surface area contributed by atoms with Crippen LogP contribution in [0.5, 0.6) is 5.75 Å². The van der Waals surface area contributed by atoms with Crippen LogP contribution in [0.4, 0.5) is 0 Å². The molecule has 0 aliphatic rings. The minimum absolute atomic E-state index is 0.284. The molecular formula is C18H21ClO. The van der Waals surface area contributed by atoms with Crippen molar-refractivity contribution in [3.05, 3.63) is 52.5 Å². The summed E-state index contributed by atoms with van der Waals surface area (Å²) in [6, 6.07) is 12.0. The highest BCUT2D eigenvalue weighted by molar-refractivity contribution is 6.30. The van der Waals surface area contributed by atoms with Gasteiger partial charge in [-0.3, -0.25) is 0 Å². The summed E-state index contributed by atoms with van der Waals surface area (Å²) in [4.78, 5) is 0. The highest BCUT2D eigenvalue weighted by Gasteiger charge is 2.15. The van der Waals surface area contributed by atoms with E-state index in [0.29, 0.717) is 5.75 Å². The molecule has 0 atom stereocenters. The summed E-state index contributed by atoms with van der Waals surface area (Å²) in [5.41, 5.74) is 4.18. The fourth-order valence-corrected chi connectivity index (χ4v) is 2.59. The highest BCUT2D eigenvalue weighted by Crippen LogP contribution is 2.38. The van der Waals surface area contributed by atoms with Crippen LogP contribution in [0.3, 0.4) is 0 Å². The van der Waals surface area contributed by atoms with Crippen LogP contribution in [0.2, 0.25) is 5.02 Å². The number of benzene rings is 2. The molecule has 0 saturated heterocycles. The molecule has 0 bridgehead atoms. The third-order valence-corrected chi connectivity index (χ3v) is 3.81. The van der Waals surface area contributed by atoms with Crippen LogP contribution < -0.4 is 0 Å². The molecule has 0 aliphatic carbocycles. The Hall–Kier alpha value is -1.47.